The number of nitrogens with two attached hydrogens (primary N) is 4. The largest absolute Gasteiger partial charge is 0.508 e. The monoisotopic (exact) mass is 1250 g/mol. The number of carbonyl (C=O) groups excluding carboxylic acids is 9. The zero-order chi connectivity index (χ0) is 66.7. The summed E-state index contributed by atoms with van der Waals surface area (Å²) in [7, 11) is 0. The SMILES string of the molecule is CC(C)C[C@H](NC(=O)[C@H](CCCN=C(N)N)NC(=O)[C@@H]1CCCN1C(=O)[C@H](Cc1ccc(O)cc1)NC(=O)[C@H](CC(C)C)NC(=O)[C@H](CCCN=C(N)N)NC(=O)[C@H](CCC(=O)O)NC(=O)[C@@H](NC(=O)[C@H](CC(C)C)NC(=O)[C@@H]1CCCN1)C(C)C)C(=O)O. The number of carboxylic acid groups (broad SMARTS) is 2. The average Bonchev–Trinajstić information content (AvgIpc) is 3.80. The number of hydrogen-bond acceptors (Lipinski definition) is 15. The number of aliphatic carboxylic acids is 2. The van der Waals surface area contributed by atoms with Gasteiger partial charge in [-0.05, 0) is 125 Å². The highest BCUT2D eigenvalue weighted by Crippen LogP contribution is 2.22. The first-order valence-corrected chi connectivity index (χ1v) is 30.7. The number of benzene rings is 1. The Kier molecular flexibility index (Phi) is 31.6. The van der Waals surface area contributed by atoms with Gasteiger partial charge in [0.25, 0.3) is 0 Å². The number of nitrogens with zero attached hydrogens (tertiary/aromatic N) is 3. The van der Waals surface area contributed by atoms with E-state index in [1.54, 1.807) is 41.5 Å². The van der Waals surface area contributed by atoms with Crippen LogP contribution in [-0.4, -0.2) is 184 Å². The normalized spacial score (nSPS) is 17.4. The maximum Gasteiger partial charge on any atom is 0.326 e. The Balaban J connectivity index is 1.97. The quantitative estimate of drug-likeness (QED) is 0.0202. The summed E-state index contributed by atoms with van der Waals surface area (Å²) in [6.45, 7) is 14.9. The molecule has 0 spiro atoms. The van der Waals surface area contributed by atoms with Crippen molar-refractivity contribution in [3.63, 3.8) is 0 Å². The lowest BCUT2D eigenvalue weighted by atomic mass is 9.98. The van der Waals surface area contributed by atoms with Crippen LogP contribution in [0.2, 0.25) is 0 Å². The van der Waals surface area contributed by atoms with E-state index in [1.165, 1.54) is 29.2 Å². The molecule has 0 saturated carbocycles. The minimum Gasteiger partial charge on any atom is -0.508 e. The van der Waals surface area contributed by atoms with Crippen molar-refractivity contribution in [2.45, 2.75) is 206 Å². The van der Waals surface area contributed by atoms with Crippen LogP contribution in [-0.2, 0) is 59.2 Å². The summed E-state index contributed by atoms with van der Waals surface area (Å²) in [6, 6.07) is -6.61. The van der Waals surface area contributed by atoms with Crippen LogP contribution < -0.4 is 70.8 Å². The van der Waals surface area contributed by atoms with Gasteiger partial charge in [0.1, 0.15) is 60.1 Å². The zero-order valence-electron chi connectivity index (χ0n) is 52.6. The second-order valence-corrected chi connectivity index (χ2v) is 24.4. The third-order valence-corrected chi connectivity index (χ3v) is 14.9. The van der Waals surface area contributed by atoms with E-state index in [4.69, 9.17) is 22.9 Å². The first-order chi connectivity index (χ1) is 41.9. The van der Waals surface area contributed by atoms with E-state index in [0.29, 0.717) is 24.9 Å². The topological polar surface area (TPSA) is 489 Å². The van der Waals surface area contributed by atoms with Gasteiger partial charge in [-0.3, -0.25) is 57.9 Å². The molecule has 1 aromatic carbocycles. The van der Waals surface area contributed by atoms with Crippen molar-refractivity contribution in [2.24, 2.45) is 56.6 Å². The summed E-state index contributed by atoms with van der Waals surface area (Å²) in [5, 5.41) is 54.2. The number of aliphatic imine (C=N–C) groups is 2. The molecule has 2 aliphatic heterocycles. The molecule has 498 valence electrons. The van der Waals surface area contributed by atoms with Gasteiger partial charge in [0.2, 0.25) is 53.2 Å². The van der Waals surface area contributed by atoms with Crippen molar-refractivity contribution in [1.29, 1.82) is 0 Å². The molecule has 0 aromatic heterocycles. The summed E-state index contributed by atoms with van der Waals surface area (Å²) in [5.74, 6) is -11.0. The van der Waals surface area contributed by atoms with Crippen molar-refractivity contribution in [2.75, 3.05) is 26.2 Å². The molecule has 89 heavy (non-hydrogen) atoms. The third kappa shape index (κ3) is 26.9. The van der Waals surface area contributed by atoms with Crippen molar-refractivity contribution in [1.82, 2.24) is 52.8 Å². The van der Waals surface area contributed by atoms with Crippen molar-refractivity contribution < 1.29 is 68.1 Å². The molecule has 0 bridgehead atoms. The van der Waals surface area contributed by atoms with Crippen LogP contribution in [0.1, 0.15) is 144 Å². The number of rotatable bonds is 38. The third-order valence-electron chi connectivity index (χ3n) is 14.9. The van der Waals surface area contributed by atoms with Gasteiger partial charge in [-0.1, -0.05) is 67.5 Å². The van der Waals surface area contributed by atoms with E-state index < -0.39 is 138 Å². The molecular weight excluding hydrogens is 1160 g/mol. The molecule has 10 atom stereocenters. The van der Waals surface area contributed by atoms with Gasteiger partial charge < -0.3 is 91.0 Å². The molecule has 0 unspecified atom stereocenters. The highest BCUT2D eigenvalue weighted by molar-refractivity contribution is 5.99. The Labute approximate surface area is 520 Å². The number of phenolic OH excluding ortho intramolecular Hbond substituents is 1. The average molecular weight is 1260 g/mol. The number of amides is 9. The molecule has 2 aliphatic rings. The second-order valence-electron chi connectivity index (χ2n) is 24.4. The fourth-order valence-electron chi connectivity index (χ4n) is 10.3. The molecule has 2 fully saturated rings. The highest BCUT2D eigenvalue weighted by atomic mass is 16.4. The van der Waals surface area contributed by atoms with E-state index in [1.807, 2.05) is 13.8 Å². The standard InChI is InChI=1S/C59H98N16O14/c1-31(2)27-41(52(83)72-43(30-35-17-19-36(76)20-18-35)56(87)75-26-12-16-45(75)54(85)68-39(15-11-25-66-59(62)63)50(81)73-44(57(88)89)29-33(5)6)71-49(80)38(14-10-24-65-58(60)61)67-51(82)40(21-22-46(77)78)69-55(86)47(34(7)8)74-53(84)42(28-32(3)4)70-48(79)37-13-9-23-64-37/h17-20,31-34,37-45,47,64,76H,9-16,21-30H2,1-8H3,(H,67,82)(H,68,85)(H,69,86)(H,70,79)(H,71,80)(H,72,83)(H,73,81)(H,74,84)(H,77,78)(H,88,89)(H4,60,61,65)(H4,62,63,66)/t37-,38-,39-,40-,41-,42-,43-,44-,45-,47-/m0/s1. The molecular formula is C59H98N16O14. The molecule has 0 radical (unpaired) electrons. The number of hydrogen-bond donors (Lipinski definition) is 16. The number of likely N-dealkylation sites (tertiary alicyclic amines) is 1. The lowest BCUT2D eigenvalue weighted by Crippen LogP contribution is -2.61. The Morgan fingerprint density at radius 1 is 0.551 bits per heavy atom. The van der Waals surface area contributed by atoms with Gasteiger partial charge >= 0.3 is 11.9 Å². The number of phenols is 1. The summed E-state index contributed by atoms with van der Waals surface area (Å²) in [5.41, 5.74) is 22.6. The maximum atomic E-state index is 14.9. The number of carboxylic acids is 2. The zero-order valence-corrected chi connectivity index (χ0v) is 52.6. The minimum atomic E-state index is -1.60. The molecule has 2 heterocycles. The first kappa shape index (κ1) is 74.9. The van der Waals surface area contributed by atoms with Crippen LogP contribution in [0.25, 0.3) is 0 Å². The summed E-state index contributed by atoms with van der Waals surface area (Å²) >= 11 is 0. The fraction of sp³-hybridized carbons (Fsp3) is 0.678. The Morgan fingerprint density at radius 3 is 1.49 bits per heavy atom. The van der Waals surface area contributed by atoms with Crippen LogP contribution >= 0.6 is 0 Å². The van der Waals surface area contributed by atoms with Crippen LogP contribution in [0, 0.1) is 23.7 Å². The number of carbonyl (C=O) groups is 11. The molecule has 20 N–H and O–H groups in total. The van der Waals surface area contributed by atoms with Crippen LogP contribution in [0.3, 0.4) is 0 Å². The predicted molar refractivity (Wildman–Crippen MR) is 331 cm³/mol. The molecule has 30 heteroatoms. The summed E-state index contributed by atoms with van der Waals surface area (Å²) < 4.78 is 0. The Bertz CT molecular complexity index is 2620. The van der Waals surface area contributed by atoms with Gasteiger partial charge in [-0.15, -0.1) is 0 Å². The minimum absolute atomic E-state index is 0.0183. The van der Waals surface area contributed by atoms with E-state index in [9.17, 15) is 68.1 Å². The lowest BCUT2D eigenvalue weighted by Gasteiger charge is -2.31. The molecule has 3 rings (SSSR count). The van der Waals surface area contributed by atoms with Crippen molar-refractivity contribution in [3.8, 4) is 5.75 Å². The highest BCUT2D eigenvalue weighted by Gasteiger charge is 2.41. The Hall–Kier alpha value is -8.31. The van der Waals surface area contributed by atoms with Gasteiger partial charge in [-0.25, -0.2) is 4.79 Å². The Morgan fingerprint density at radius 2 is 1.00 bits per heavy atom. The van der Waals surface area contributed by atoms with Crippen LogP contribution in [0.5, 0.6) is 5.75 Å². The number of guanidine groups is 2. The van der Waals surface area contributed by atoms with Crippen molar-refractivity contribution >= 4 is 77.0 Å². The summed E-state index contributed by atoms with van der Waals surface area (Å²) in [6.07, 6.45) is 0.975. The van der Waals surface area contributed by atoms with Crippen LogP contribution in [0.4, 0.5) is 0 Å². The van der Waals surface area contributed by atoms with E-state index >= 15 is 0 Å². The fourth-order valence-corrected chi connectivity index (χ4v) is 10.3. The number of aromatic hydroxyl groups is 1. The number of nitrogens with one attached hydrogen (secondary N) is 9. The van der Waals surface area contributed by atoms with E-state index in [0.717, 1.165) is 6.42 Å². The maximum absolute atomic E-state index is 14.9. The van der Waals surface area contributed by atoms with E-state index in [-0.39, 0.29) is 119 Å². The molecule has 2 saturated heterocycles. The molecule has 9 amide bonds. The molecule has 1 aromatic rings. The van der Waals surface area contributed by atoms with Crippen LogP contribution in [0.15, 0.2) is 34.3 Å². The smallest absolute Gasteiger partial charge is 0.326 e. The van der Waals surface area contributed by atoms with E-state index in [2.05, 4.69) is 57.8 Å². The van der Waals surface area contributed by atoms with Gasteiger partial charge in [0, 0.05) is 32.5 Å². The predicted octanol–water partition coefficient (Wildman–Crippen LogP) is -1.59. The lowest BCUT2D eigenvalue weighted by molar-refractivity contribution is -0.144. The molecule has 0 aliphatic carbocycles. The summed E-state index contributed by atoms with van der Waals surface area (Å²) in [4.78, 5) is 161. The second kappa shape index (κ2) is 37.5. The molecule has 30 nitrogen and oxygen atoms in total. The van der Waals surface area contributed by atoms with Crippen molar-refractivity contribution in [3.05, 3.63) is 29.8 Å². The van der Waals surface area contributed by atoms with Gasteiger partial charge in [0.05, 0.1) is 6.04 Å². The van der Waals surface area contributed by atoms with Gasteiger partial charge in [0.15, 0.2) is 11.9 Å². The first-order valence-electron chi connectivity index (χ1n) is 30.7. The van der Waals surface area contributed by atoms with Gasteiger partial charge in [-0.2, -0.15) is 0 Å².